The van der Waals surface area contributed by atoms with Crippen molar-refractivity contribution in [1.82, 2.24) is 9.97 Å². The number of nitrogens with one attached hydrogen (secondary N) is 2. The molecule has 100 valence electrons. The van der Waals surface area contributed by atoms with E-state index < -0.39 is 0 Å². The second kappa shape index (κ2) is 6.04. The minimum Gasteiger partial charge on any atom is -0.497 e. The molecule has 1 aromatic carbocycles. The van der Waals surface area contributed by atoms with Crippen molar-refractivity contribution >= 4 is 17.3 Å². The Kier molecular flexibility index (Phi) is 4.18. The van der Waals surface area contributed by atoms with E-state index in [1.54, 1.807) is 7.11 Å². The summed E-state index contributed by atoms with van der Waals surface area (Å²) in [6, 6.07) is 9.91. The highest BCUT2D eigenvalue weighted by molar-refractivity contribution is 5.60. The second-order valence-corrected chi connectivity index (χ2v) is 4.44. The smallest absolute Gasteiger partial charge is 0.135 e. The molecule has 0 aliphatic carbocycles. The predicted octanol–water partition coefficient (Wildman–Crippen LogP) is 3.05. The van der Waals surface area contributed by atoms with Crippen LogP contribution in [0.5, 0.6) is 5.75 Å². The first kappa shape index (κ1) is 13.1. The van der Waals surface area contributed by atoms with E-state index in [-0.39, 0.29) is 0 Å². The first-order valence-corrected chi connectivity index (χ1v) is 6.17. The van der Waals surface area contributed by atoms with Gasteiger partial charge in [0, 0.05) is 23.9 Å². The monoisotopic (exact) mass is 258 g/mol. The highest BCUT2D eigenvalue weighted by Gasteiger charge is 2.01. The van der Waals surface area contributed by atoms with Crippen LogP contribution in [0.25, 0.3) is 0 Å². The molecule has 19 heavy (non-hydrogen) atoms. The van der Waals surface area contributed by atoms with Gasteiger partial charge < -0.3 is 15.4 Å². The summed E-state index contributed by atoms with van der Waals surface area (Å²) >= 11 is 0. The molecule has 0 saturated carbocycles. The summed E-state index contributed by atoms with van der Waals surface area (Å²) in [6.45, 7) is 4.13. The van der Waals surface area contributed by atoms with Crippen molar-refractivity contribution in [1.29, 1.82) is 0 Å². The van der Waals surface area contributed by atoms with Crippen LogP contribution in [0.3, 0.4) is 0 Å². The molecule has 0 saturated heterocycles. The zero-order chi connectivity index (χ0) is 13.7. The molecular formula is C14H18N4O. The van der Waals surface area contributed by atoms with Crippen LogP contribution in [0.2, 0.25) is 0 Å². The molecule has 0 radical (unpaired) electrons. The molecule has 0 unspecified atom stereocenters. The molecule has 0 aliphatic heterocycles. The standard InChI is InChI=1S/C14H18N4O/c1-10(2)17-13-8-14(16-9-15-13)18-11-5-4-6-12(7-11)19-3/h4-10H,1-3H3,(H2,15,16,17,18). The van der Waals surface area contributed by atoms with E-state index in [2.05, 4.69) is 34.4 Å². The van der Waals surface area contributed by atoms with E-state index in [0.29, 0.717) is 6.04 Å². The van der Waals surface area contributed by atoms with Crippen LogP contribution in [-0.2, 0) is 0 Å². The number of hydrogen-bond donors (Lipinski definition) is 2. The number of nitrogens with zero attached hydrogens (tertiary/aromatic N) is 2. The summed E-state index contributed by atoms with van der Waals surface area (Å²) in [7, 11) is 1.65. The van der Waals surface area contributed by atoms with Crippen molar-refractivity contribution in [2.24, 2.45) is 0 Å². The lowest BCUT2D eigenvalue weighted by molar-refractivity contribution is 0.415. The Morgan fingerprint density at radius 2 is 1.89 bits per heavy atom. The van der Waals surface area contributed by atoms with E-state index in [0.717, 1.165) is 23.1 Å². The van der Waals surface area contributed by atoms with Gasteiger partial charge in [-0.15, -0.1) is 0 Å². The van der Waals surface area contributed by atoms with E-state index in [1.807, 2.05) is 30.3 Å². The van der Waals surface area contributed by atoms with Crippen molar-refractivity contribution in [3.05, 3.63) is 36.7 Å². The van der Waals surface area contributed by atoms with E-state index in [9.17, 15) is 0 Å². The first-order chi connectivity index (χ1) is 9.17. The van der Waals surface area contributed by atoms with Gasteiger partial charge in [-0.3, -0.25) is 0 Å². The Balaban J connectivity index is 2.13. The number of ether oxygens (including phenoxy) is 1. The number of methoxy groups -OCH3 is 1. The Morgan fingerprint density at radius 3 is 2.63 bits per heavy atom. The van der Waals surface area contributed by atoms with Crippen LogP contribution in [0.1, 0.15) is 13.8 Å². The predicted molar refractivity (Wildman–Crippen MR) is 77.1 cm³/mol. The first-order valence-electron chi connectivity index (χ1n) is 6.17. The van der Waals surface area contributed by atoms with Crippen LogP contribution in [-0.4, -0.2) is 23.1 Å². The number of hydrogen-bond acceptors (Lipinski definition) is 5. The van der Waals surface area contributed by atoms with Crippen molar-refractivity contribution in [2.75, 3.05) is 17.7 Å². The second-order valence-electron chi connectivity index (χ2n) is 4.44. The van der Waals surface area contributed by atoms with Gasteiger partial charge in [0.1, 0.15) is 23.7 Å². The molecule has 1 aromatic heterocycles. The van der Waals surface area contributed by atoms with Crippen molar-refractivity contribution in [3.8, 4) is 5.75 Å². The SMILES string of the molecule is COc1cccc(Nc2cc(NC(C)C)ncn2)c1. The van der Waals surface area contributed by atoms with Crippen LogP contribution in [0.15, 0.2) is 36.7 Å². The third kappa shape index (κ3) is 3.84. The van der Waals surface area contributed by atoms with Gasteiger partial charge in [0.05, 0.1) is 7.11 Å². The van der Waals surface area contributed by atoms with Gasteiger partial charge in [-0.2, -0.15) is 0 Å². The molecule has 5 nitrogen and oxygen atoms in total. The summed E-state index contributed by atoms with van der Waals surface area (Å²) in [5.41, 5.74) is 0.925. The van der Waals surface area contributed by atoms with Gasteiger partial charge in [0.25, 0.3) is 0 Å². The lowest BCUT2D eigenvalue weighted by Gasteiger charge is -2.11. The molecule has 0 spiro atoms. The van der Waals surface area contributed by atoms with Crippen LogP contribution >= 0.6 is 0 Å². The summed E-state index contributed by atoms with van der Waals surface area (Å²) < 4.78 is 5.18. The Morgan fingerprint density at radius 1 is 1.11 bits per heavy atom. The number of anilines is 3. The van der Waals surface area contributed by atoms with Crippen molar-refractivity contribution in [3.63, 3.8) is 0 Å². The molecule has 0 atom stereocenters. The fraction of sp³-hybridized carbons (Fsp3) is 0.286. The summed E-state index contributed by atoms with van der Waals surface area (Å²) in [5.74, 6) is 2.35. The molecule has 2 rings (SSSR count). The third-order valence-corrected chi connectivity index (χ3v) is 2.45. The lowest BCUT2D eigenvalue weighted by atomic mass is 10.3. The Labute approximate surface area is 113 Å². The highest BCUT2D eigenvalue weighted by atomic mass is 16.5. The summed E-state index contributed by atoms with van der Waals surface area (Å²) in [4.78, 5) is 8.36. The molecule has 0 fully saturated rings. The number of aromatic nitrogens is 2. The Bertz CT molecular complexity index is 542. The minimum atomic E-state index is 0.333. The van der Waals surface area contributed by atoms with Gasteiger partial charge >= 0.3 is 0 Å². The largest absolute Gasteiger partial charge is 0.497 e. The van der Waals surface area contributed by atoms with E-state index >= 15 is 0 Å². The molecule has 5 heteroatoms. The molecule has 2 aromatic rings. The highest BCUT2D eigenvalue weighted by Crippen LogP contribution is 2.21. The zero-order valence-electron chi connectivity index (χ0n) is 11.3. The summed E-state index contributed by atoms with van der Waals surface area (Å²) in [5, 5.41) is 6.46. The van der Waals surface area contributed by atoms with Crippen LogP contribution in [0.4, 0.5) is 17.3 Å². The maximum Gasteiger partial charge on any atom is 0.135 e. The molecule has 1 heterocycles. The fourth-order valence-corrected chi connectivity index (χ4v) is 1.65. The van der Waals surface area contributed by atoms with Gasteiger partial charge in [-0.1, -0.05) is 6.07 Å². The number of benzene rings is 1. The van der Waals surface area contributed by atoms with E-state index in [4.69, 9.17) is 4.74 Å². The van der Waals surface area contributed by atoms with Crippen LogP contribution < -0.4 is 15.4 Å². The molecular weight excluding hydrogens is 240 g/mol. The third-order valence-electron chi connectivity index (χ3n) is 2.45. The van der Waals surface area contributed by atoms with Crippen LogP contribution in [0, 0.1) is 0 Å². The van der Waals surface area contributed by atoms with Gasteiger partial charge in [0.2, 0.25) is 0 Å². The quantitative estimate of drug-likeness (QED) is 0.863. The average Bonchev–Trinajstić information content (AvgIpc) is 2.38. The van der Waals surface area contributed by atoms with Gasteiger partial charge in [0.15, 0.2) is 0 Å². The molecule has 0 aliphatic rings. The van der Waals surface area contributed by atoms with E-state index in [1.165, 1.54) is 6.33 Å². The normalized spacial score (nSPS) is 10.3. The van der Waals surface area contributed by atoms with Crippen molar-refractivity contribution in [2.45, 2.75) is 19.9 Å². The van der Waals surface area contributed by atoms with Gasteiger partial charge in [-0.05, 0) is 26.0 Å². The maximum absolute atomic E-state index is 5.18. The topological polar surface area (TPSA) is 59.1 Å². The summed E-state index contributed by atoms with van der Waals surface area (Å²) in [6.07, 6.45) is 1.53. The van der Waals surface area contributed by atoms with Gasteiger partial charge in [-0.25, -0.2) is 9.97 Å². The molecule has 0 amide bonds. The Hall–Kier alpha value is -2.30. The fourth-order valence-electron chi connectivity index (χ4n) is 1.65. The zero-order valence-corrected chi connectivity index (χ0v) is 11.3. The molecule has 2 N–H and O–H groups in total. The lowest BCUT2D eigenvalue weighted by Crippen LogP contribution is -2.11. The molecule has 0 bridgehead atoms. The number of rotatable bonds is 5. The maximum atomic E-state index is 5.18. The van der Waals surface area contributed by atoms with Crippen molar-refractivity contribution < 1.29 is 4.74 Å². The average molecular weight is 258 g/mol. The minimum absolute atomic E-state index is 0.333.